The zero-order valence-corrected chi connectivity index (χ0v) is 20.5. The van der Waals surface area contributed by atoms with E-state index in [9.17, 15) is 13.2 Å². The van der Waals surface area contributed by atoms with Gasteiger partial charge in [0.25, 0.3) is 0 Å². The van der Waals surface area contributed by atoms with Crippen molar-refractivity contribution in [2.75, 3.05) is 38.0 Å². The highest BCUT2D eigenvalue weighted by atomic mass is 35.5. The average Bonchev–Trinajstić information content (AvgIpc) is 2.70. The van der Waals surface area contributed by atoms with Crippen molar-refractivity contribution in [3.05, 3.63) is 56.6 Å². The summed E-state index contributed by atoms with van der Waals surface area (Å²) in [5.74, 6) is -0.243. The molecule has 1 fully saturated rings. The summed E-state index contributed by atoms with van der Waals surface area (Å²) in [4.78, 5) is 14.8. The molecule has 3 rings (SSSR count). The summed E-state index contributed by atoms with van der Waals surface area (Å²) >= 11 is 12.2. The van der Waals surface area contributed by atoms with Crippen molar-refractivity contribution in [2.24, 2.45) is 0 Å². The first kappa shape index (κ1) is 24.0. The van der Waals surface area contributed by atoms with Crippen LogP contribution in [0, 0.1) is 27.7 Å². The van der Waals surface area contributed by atoms with E-state index in [2.05, 4.69) is 5.32 Å². The van der Waals surface area contributed by atoms with Gasteiger partial charge in [0.15, 0.2) is 0 Å². The van der Waals surface area contributed by atoms with E-state index in [4.69, 9.17) is 23.2 Å². The van der Waals surface area contributed by atoms with Gasteiger partial charge in [-0.3, -0.25) is 9.69 Å². The van der Waals surface area contributed by atoms with Crippen LogP contribution in [0.1, 0.15) is 22.3 Å². The highest BCUT2D eigenvalue weighted by molar-refractivity contribution is 7.89. The minimum Gasteiger partial charge on any atom is -0.322 e. The van der Waals surface area contributed by atoms with Gasteiger partial charge in [0.2, 0.25) is 15.9 Å². The quantitative estimate of drug-likeness (QED) is 0.692. The van der Waals surface area contributed by atoms with Crippen LogP contribution in [0.4, 0.5) is 5.69 Å². The first-order chi connectivity index (χ1) is 14.5. The lowest BCUT2D eigenvalue weighted by Crippen LogP contribution is -2.50. The predicted octanol–water partition coefficient (Wildman–Crippen LogP) is 4.17. The zero-order chi connectivity index (χ0) is 22.9. The van der Waals surface area contributed by atoms with Crippen LogP contribution in [0.3, 0.4) is 0 Å². The van der Waals surface area contributed by atoms with Crippen LogP contribution in [0.2, 0.25) is 10.0 Å². The molecule has 9 heteroatoms. The maximum absolute atomic E-state index is 13.4. The summed E-state index contributed by atoms with van der Waals surface area (Å²) < 4.78 is 28.3. The SMILES string of the molecule is Cc1cc(C)c(C)c(S(=O)(=O)N2CCN(CC(=O)Nc3c(Cl)cccc3Cl)CC2)c1C. The van der Waals surface area contributed by atoms with Gasteiger partial charge in [0, 0.05) is 26.2 Å². The molecule has 1 aliphatic rings. The Morgan fingerprint density at radius 1 is 0.968 bits per heavy atom. The Morgan fingerprint density at radius 3 is 2.00 bits per heavy atom. The van der Waals surface area contributed by atoms with Gasteiger partial charge in [0.05, 0.1) is 27.2 Å². The Labute approximate surface area is 194 Å². The molecule has 0 bridgehead atoms. The van der Waals surface area contributed by atoms with Crippen LogP contribution < -0.4 is 5.32 Å². The van der Waals surface area contributed by atoms with Crippen molar-refractivity contribution in [3.63, 3.8) is 0 Å². The number of rotatable bonds is 5. The number of carbonyl (C=O) groups is 1. The smallest absolute Gasteiger partial charge is 0.243 e. The van der Waals surface area contributed by atoms with Crippen LogP contribution in [0.25, 0.3) is 0 Å². The number of aryl methyl sites for hydroxylation is 2. The van der Waals surface area contributed by atoms with E-state index in [1.165, 1.54) is 4.31 Å². The molecule has 1 N–H and O–H groups in total. The minimum atomic E-state index is -3.61. The van der Waals surface area contributed by atoms with Gasteiger partial charge in [-0.1, -0.05) is 35.3 Å². The number of amides is 1. The van der Waals surface area contributed by atoms with Crippen LogP contribution in [-0.4, -0.2) is 56.3 Å². The molecule has 0 saturated carbocycles. The number of carbonyl (C=O) groups excluding carboxylic acids is 1. The van der Waals surface area contributed by atoms with Gasteiger partial charge < -0.3 is 5.32 Å². The molecule has 0 radical (unpaired) electrons. The molecule has 2 aromatic carbocycles. The average molecular weight is 484 g/mol. The van der Waals surface area contributed by atoms with Gasteiger partial charge in [-0.15, -0.1) is 0 Å². The maximum atomic E-state index is 13.4. The van der Waals surface area contributed by atoms with E-state index in [1.807, 2.05) is 38.7 Å². The second kappa shape index (κ2) is 9.46. The van der Waals surface area contributed by atoms with Crippen molar-refractivity contribution < 1.29 is 13.2 Å². The molecular weight excluding hydrogens is 457 g/mol. The molecule has 6 nitrogen and oxygen atoms in total. The van der Waals surface area contributed by atoms with Crippen LogP contribution in [0.15, 0.2) is 29.2 Å². The highest BCUT2D eigenvalue weighted by Gasteiger charge is 2.32. The largest absolute Gasteiger partial charge is 0.322 e. The molecule has 1 amide bonds. The highest BCUT2D eigenvalue weighted by Crippen LogP contribution is 2.30. The molecule has 1 heterocycles. The number of piperazine rings is 1. The third-order valence-corrected chi connectivity index (χ3v) is 8.62. The molecule has 168 valence electrons. The summed E-state index contributed by atoms with van der Waals surface area (Å²) in [5, 5.41) is 3.49. The lowest BCUT2D eigenvalue weighted by atomic mass is 10.0. The van der Waals surface area contributed by atoms with E-state index in [0.29, 0.717) is 46.8 Å². The first-order valence-electron chi connectivity index (χ1n) is 10.1. The fourth-order valence-electron chi connectivity index (χ4n) is 3.82. The third kappa shape index (κ3) is 5.07. The van der Waals surface area contributed by atoms with E-state index in [0.717, 1.165) is 22.3 Å². The fourth-order valence-corrected chi connectivity index (χ4v) is 6.31. The van der Waals surface area contributed by atoms with Gasteiger partial charge in [-0.25, -0.2) is 8.42 Å². The number of anilines is 1. The van der Waals surface area contributed by atoms with Gasteiger partial charge in [0.1, 0.15) is 0 Å². The number of para-hydroxylation sites is 1. The Kier molecular flexibility index (Phi) is 7.33. The van der Waals surface area contributed by atoms with E-state index in [-0.39, 0.29) is 12.5 Å². The van der Waals surface area contributed by atoms with E-state index in [1.54, 1.807) is 18.2 Å². The third-order valence-electron chi connectivity index (χ3n) is 5.82. The van der Waals surface area contributed by atoms with Crippen LogP contribution in [-0.2, 0) is 14.8 Å². The normalized spacial score (nSPS) is 15.8. The number of sulfonamides is 1. The Hall–Kier alpha value is -1.64. The van der Waals surface area contributed by atoms with Gasteiger partial charge in [-0.05, 0) is 62.1 Å². The minimum absolute atomic E-state index is 0.136. The molecule has 0 aromatic heterocycles. The topological polar surface area (TPSA) is 69.7 Å². The summed E-state index contributed by atoms with van der Waals surface area (Å²) in [6.45, 7) is 9.30. The van der Waals surface area contributed by atoms with E-state index < -0.39 is 10.0 Å². The standard InChI is InChI=1S/C22H27Cl2N3O3S/c1-14-12-15(2)17(4)22(16(14)3)31(29,30)27-10-8-26(9-11-27)13-20(28)25-21-18(23)6-5-7-19(21)24/h5-7,12H,8-11,13H2,1-4H3,(H,25,28). The molecule has 0 unspecified atom stereocenters. The number of hydrogen-bond donors (Lipinski definition) is 1. The first-order valence-corrected chi connectivity index (χ1v) is 12.3. The lowest BCUT2D eigenvalue weighted by molar-refractivity contribution is -0.117. The molecule has 1 aliphatic heterocycles. The van der Waals surface area contributed by atoms with E-state index >= 15 is 0 Å². The second-order valence-corrected chi connectivity index (χ2v) is 10.6. The van der Waals surface area contributed by atoms with Crippen LogP contribution >= 0.6 is 23.2 Å². The molecule has 1 saturated heterocycles. The van der Waals surface area contributed by atoms with Crippen molar-refractivity contribution in [1.82, 2.24) is 9.21 Å². The van der Waals surface area contributed by atoms with Crippen molar-refractivity contribution in [2.45, 2.75) is 32.6 Å². The molecular formula is C22H27Cl2N3O3S. The van der Waals surface area contributed by atoms with Crippen LogP contribution in [0.5, 0.6) is 0 Å². The number of hydrogen-bond acceptors (Lipinski definition) is 4. The molecule has 0 aliphatic carbocycles. The summed E-state index contributed by atoms with van der Waals surface area (Å²) in [5.41, 5.74) is 3.91. The Morgan fingerprint density at radius 2 is 1.48 bits per heavy atom. The summed E-state index contributed by atoms with van der Waals surface area (Å²) in [6, 6.07) is 7.04. The summed E-state index contributed by atoms with van der Waals surface area (Å²) in [6.07, 6.45) is 0. The molecule has 0 spiro atoms. The Bertz CT molecular complexity index is 1060. The van der Waals surface area contributed by atoms with Crippen molar-refractivity contribution in [1.29, 1.82) is 0 Å². The predicted molar refractivity (Wildman–Crippen MR) is 126 cm³/mol. The van der Waals surface area contributed by atoms with Crippen molar-refractivity contribution in [3.8, 4) is 0 Å². The molecule has 0 atom stereocenters. The number of benzene rings is 2. The van der Waals surface area contributed by atoms with Crippen molar-refractivity contribution >= 4 is 44.8 Å². The molecule has 2 aromatic rings. The number of nitrogens with zero attached hydrogens (tertiary/aromatic N) is 2. The maximum Gasteiger partial charge on any atom is 0.243 e. The summed E-state index contributed by atoms with van der Waals surface area (Å²) in [7, 11) is -3.61. The van der Waals surface area contributed by atoms with Gasteiger partial charge in [-0.2, -0.15) is 4.31 Å². The number of nitrogens with one attached hydrogen (secondary N) is 1. The Balaban J connectivity index is 1.66. The second-order valence-electron chi connectivity index (χ2n) is 7.91. The monoisotopic (exact) mass is 483 g/mol. The zero-order valence-electron chi connectivity index (χ0n) is 18.1. The van der Waals surface area contributed by atoms with Gasteiger partial charge >= 0.3 is 0 Å². The number of halogens is 2. The lowest BCUT2D eigenvalue weighted by Gasteiger charge is -2.34. The fraction of sp³-hybridized carbons (Fsp3) is 0.409. The molecule has 31 heavy (non-hydrogen) atoms.